The third kappa shape index (κ3) is 1.59. The van der Waals surface area contributed by atoms with Gasteiger partial charge in [-0.3, -0.25) is 0 Å². The van der Waals surface area contributed by atoms with Gasteiger partial charge >= 0.3 is 0 Å². The lowest BCUT2D eigenvalue weighted by molar-refractivity contribution is 0.567. The van der Waals surface area contributed by atoms with E-state index in [1.807, 2.05) is 0 Å². The van der Waals surface area contributed by atoms with E-state index in [1.54, 1.807) is 0 Å². The van der Waals surface area contributed by atoms with Gasteiger partial charge in [-0.25, -0.2) is 0 Å². The predicted octanol–water partition coefficient (Wildman–Crippen LogP) is 3.68. The van der Waals surface area contributed by atoms with E-state index in [9.17, 15) is 0 Å². The normalized spacial score (nSPS) is 19.6. The number of benzene rings is 1. The summed E-state index contributed by atoms with van der Waals surface area (Å²) in [5.41, 5.74) is 12.3. The van der Waals surface area contributed by atoms with Gasteiger partial charge < -0.3 is 0 Å². The van der Waals surface area contributed by atoms with Gasteiger partial charge in [0, 0.05) is 4.91 Å². The summed E-state index contributed by atoms with van der Waals surface area (Å²) in [6, 6.07) is 6.48. The molecule has 0 aromatic heterocycles. The van der Waals surface area contributed by atoms with Gasteiger partial charge in [0.25, 0.3) is 0 Å². The van der Waals surface area contributed by atoms with E-state index in [1.165, 1.54) is 16.7 Å². The summed E-state index contributed by atoms with van der Waals surface area (Å²) in [5.74, 6) is 0. The van der Waals surface area contributed by atoms with E-state index in [2.05, 4.69) is 35.1 Å². The molecule has 0 spiro atoms. The molecular weight excluding hydrogens is 174 g/mol. The highest BCUT2D eigenvalue weighted by atomic mass is 15.1. The van der Waals surface area contributed by atoms with Crippen LogP contribution in [0.15, 0.2) is 23.3 Å². The van der Waals surface area contributed by atoms with Crippen LogP contribution >= 0.6 is 0 Å². The molecule has 0 bridgehead atoms. The van der Waals surface area contributed by atoms with Crippen molar-refractivity contribution in [1.82, 2.24) is 0 Å². The van der Waals surface area contributed by atoms with Crippen LogP contribution < -0.4 is 0 Å². The Hall–Kier alpha value is -1.47. The van der Waals surface area contributed by atoms with Crippen LogP contribution in [0.25, 0.3) is 10.4 Å². The van der Waals surface area contributed by atoms with Crippen molar-refractivity contribution in [3.63, 3.8) is 0 Å². The molecule has 0 saturated heterocycles. The van der Waals surface area contributed by atoms with Gasteiger partial charge in [0.2, 0.25) is 0 Å². The van der Waals surface area contributed by atoms with Gasteiger partial charge in [-0.1, -0.05) is 28.9 Å². The highest BCUT2D eigenvalue weighted by Gasteiger charge is 2.18. The standard InChI is InChI=1S/C11H13N3/c1-8-5-6-9-3-2-4-11(13-14-12)10(9)7-8/h5-7,11H,2-4H2,1H3/t11-/m0/s1. The average molecular weight is 187 g/mol. The molecule has 3 heteroatoms. The summed E-state index contributed by atoms with van der Waals surface area (Å²) < 4.78 is 0. The molecule has 0 unspecified atom stereocenters. The minimum atomic E-state index is 0.0589. The van der Waals surface area contributed by atoms with Crippen LogP contribution in [0, 0.1) is 6.92 Å². The molecule has 1 aromatic rings. The second-order valence-electron chi connectivity index (χ2n) is 3.82. The fourth-order valence-corrected chi connectivity index (χ4v) is 2.08. The van der Waals surface area contributed by atoms with Gasteiger partial charge in [0.05, 0.1) is 6.04 Å². The highest BCUT2D eigenvalue weighted by Crippen LogP contribution is 2.33. The van der Waals surface area contributed by atoms with Crippen molar-refractivity contribution >= 4 is 0 Å². The first-order valence-electron chi connectivity index (χ1n) is 4.95. The summed E-state index contributed by atoms with van der Waals surface area (Å²) >= 11 is 0. The van der Waals surface area contributed by atoms with E-state index >= 15 is 0 Å². The summed E-state index contributed by atoms with van der Waals surface area (Å²) in [6.45, 7) is 2.07. The zero-order valence-corrected chi connectivity index (χ0v) is 8.27. The molecule has 1 aliphatic carbocycles. The van der Waals surface area contributed by atoms with E-state index in [0.717, 1.165) is 19.3 Å². The molecule has 72 valence electrons. The Balaban J connectivity index is 2.46. The summed E-state index contributed by atoms with van der Waals surface area (Å²) in [5, 5.41) is 3.85. The minimum absolute atomic E-state index is 0.0589. The Morgan fingerprint density at radius 1 is 1.50 bits per heavy atom. The number of azide groups is 1. The predicted molar refractivity (Wildman–Crippen MR) is 56.0 cm³/mol. The SMILES string of the molecule is Cc1ccc2c(c1)[C@@H](N=[N+]=[N-])CCC2. The molecule has 0 amide bonds. The number of hydrogen-bond acceptors (Lipinski definition) is 1. The molecule has 2 rings (SSSR count). The van der Waals surface area contributed by atoms with Gasteiger partial charge in [-0.15, -0.1) is 0 Å². The minimum Gasteiger partial charge on any atom is -0.0859 e. The lowest BCUT2D eigenvalue weighted by Crippen LogP contribution is -2.07. The summed E-state index contributed by atoms with van der Waals surface area (Å²) in [6.07, 6.45) is 3.23. The zero-order valence-electron chi connectivity index (χ0n) is 8.27. The third-order valence-electron chi connectivity index (χ3n) is 2.78. The highest BCUT2D eigenvalue weighted by molar-refractivity contribution is 5.35. The fourth-order valence-electron chi connectivity index (χ4n) is 2.08. The van der Waals surface area contributed by atoms with E-state index < -0.39 is 0 Å². The second kappa shape index (κ2) is 3.72. The molecule has 0 N–H and O–H groups in total. The molecule has 0 heterocycles. The van der Waals surface area contributed by atoms with Crippen LogP contribution in [0.2, 0.25) is 0 Å². The van der Waals surface area contributed by atoms with Crippen LogP contribution in [0.1, 0.15) is 35.6 Å². The Labute approximate surface area is 83.4 Å². The zero-order chi connectivity index (χ0) is 9.97. The number of rotatable bonds is 1. The van der Waals surface area contributed by atoms with Crippen LogP contribution in [0.4, 0.5) is 0 Å². The van der Waals surface area contributed by atoms with E-state index in [0.29, 0.717) is 0 Å². The first-order chi connectivity index (χ1) is 6.81. The van der Waals surface area contributed by atoms with Crippen molar-refractivity contribution in [3.05, 3.63) is 45.3 Å². The molecular formula is C11H13N3. The second-order valence-corrected chi connectivity index (χ2v) is 3.82. The lowest BCUT2D eigenvalue weighted by atomic mass is 9.87. The first kappa shape index (κ1) is 9.10. The Kier molecular flexibility index (Phi) is 2.42. The maximum absolute atomic E-state index is 8.47. The van der Waals surface area contributed by atoms with Crippen molar-refractivity contribution in [1.29, 1.82) is 0 Å². The Bertz CT molecular complexity index is 392. The third-order valence-corrected chi connectivity index (χ3v) is 2.78. The number of nitrogens with zero attached hydrogens (tertiary/aromatic N) is 3. The van der Waals surface area contributed by atoms with Crippen LogP contribution in [-0.2, 0) is 6.42 Å². The number of aryl methyl sites for hydroxylation is 2. The van der Waals surface area contributed by atoms with Gasteiger partial charge in [-0.2, -0.15) is 0 Å². The van der Waals surface area contributed by atoms with Crippen LogP contribution in [0.5, 0.6) is 0 Å². The first-order valence-corrected chi connectivity index (χ1v) is 4.95. The maximum atomic E-state index is 8.47. The van der Waals surface area contributed by atoms with E-state index in [-0.39, 0.29) is 6.04 Å². The lowest BCUT2D eigenvalue weighted by Gasteiger charge is -2.21. The van der Waals surface area contributed by atoms with Crippen LogP contribution in [-0.4, -0.2) is 0 Å². The van der Waals surface area contributed by atoms with Gasteiger partial charge in [0.15, 0.2) is 0 Å². The van der Waals surface area contributed by atoms with Crippen molar-refractivity contribution in [2.75, 3.05) is 0 Å². The maximum Gasteiger partial charge on any atom is 0.0628 e. The molecule has 14 heavy (non-hydrogen) atoms. The largest absolute Gasteiger partial charge is 0.0859 e. The van der Waals surface area contributed by atoms with E-state index in [4.69, 9.17) is 5.53 Å². The Morgan fingerprint density at radius 3 is 3.14 bits per heavy atom. The molecule has 0 radical (unpaired) electrons. The van der Waals surface area contributed by atoms with Crippen molar-refractivity contribution < 1.29 is 0 Å². The summed E-state index contributed by atoms with van der Waals surface area (Å²) in [7, 11) is 0. The monoisotopic (exact) mass is 187 g/mol. The van der Waals surface area contributed by atoms with Crippen molar-refractivity contribution in [3.8, 4) is 0 Å². The van der Waals surface area contributed by atoms with Crippen LogP contribution in [0.3, 0.4) is 0 Å². The van der Waals surface area contributed by atoms with Gasteiger partial charge in [-0.05, 0) is 42.8 Å². The molecule has 1 atom stereocenters. The van der Waals surface area contributed by atoms with Crippen molar-refractivity contribution in [2.45, 2.75) is 32.2 Å². The summed E-state index contributed by atoms with van der Waals surface area (Å²) in [4.78, 5) is 2.91. The molecule has 0 aliphatic heterocycles. The average Bonchev–Trinajstić information content (AvgIpc) is 2.19. The molecule has 0 fully saturated rings. The molecule has 3 nitrogen and oxygen atoms in total. The molecule has 1 aliphatic rings. The molecule has 1 aromatic carbocycles. The smallest absolute Gasteiger partial charge is 0.0628 e. The molecule has 0 saturated carbocycles. The van der Waals surface area contributed by atoms with Crippen molar-refractivity contribution in [2.24, 2.45) is 5.11 Å². The quantitative estimate of drug-likeness (QED) is 0.366. The topological polar surface area (TPSA) is 48.8 Å². The Morgan fingerprint density at radius 2 is 2.36 bits per heavy atom. The number of hydrogen-bond donors (Lipinski definition) is 0. The van der Waals surface area contributed by atoms with Gasteiger partial charge in [0.1, 0.15) is 0 Å². The fraction of sp³-hybridized carbons (Fsp3) is 0.455. The number of fused-ring (bicyclic) bond motifs is 1.